The second-order valence-corrected chi connectivity index (χ2v) is 4.97. The summed E-state index contributed by atoms with van der Waals surface area (Å²) in [6.07, 6.45) is -4.42. The summed E-state index contributed by atoms with van der Waals surface area (Å²) in [5.41, 5.74) is 0.773. The van der Waals surface area contributed by atoms with Crippen molar-refractivity contribution in [3.63, 3.8) is 0 Å². The number of aryl methyl sites for hydroxylation is 1. The fraction of sp³-hybridized carbons (Fsp3) is 0.250. The van der Waals surface area contributed by atoms with Gasteiger partial charge in [-0.2, -0.15) is 13.2 Å². The minimum atomic E-state index is -4.42. The Balaban J connectivity index is 2.32. The first-order valence-electron chi connectivity index (χ1n) is 6.51. The Labute approximate surface area is 121 Å². The topological polar surface area (TPSA) is 32.3 Å². The standard InChI is InChI=1S/C16H16F3NO/c1-10-7-8-15(21)12(9-10)11(2)20-14-6-4-3-5-13(14)16(17,18)19/h3-9,11,20-21H,1-2H3. The Morgan fingerprint density at radius 2 is 1.76 bits per heavy atom. The Hall–Kier alpha value is -2.17. The van der Waals surface area contributed by atoms with E-state index in [0.717, 1.165) is 11.6 Å². The van der Waals surface area contributed by atoms with Gasteiger partial charge in [-0.1, -0.05) is 29.8 Å². The van der Waals surface area contributed by atoms with Gasteiger partial charge in [-0.05, 0) is 32.0 Å². The van der Waals surface area contributed by atoms with Crippen molar-refractivity contribution in [3.8, 4) is 5.75 Å². The lowest BCUT2D eigenvalue weighted by Gasteiger charge is -2.20. The van der Waals surface area contributed by atoms with E-state index in [0.29, 0.717) is 5.56 Å². The van der Waals surface area contributed by atoms with Crippen LogP contribution in [0.15, 0.2) is 42.5 Å². The highest BCUT2D eigenvalue weighted by molar-refractivity contribution is 5.55. The van der Waals surface area contributed by atoms with Gasteiger partial charge in [0.25, 0.3) is 0 Å². The summed E-state index contributed by atoms with van der Waals surface area (Å²) in [5, 5.41) is 12.7. The van der Waals surface area contributed by atoms with Crippen LogP contribution in [-0.2, 0) is 6.18 Å². The quantitative estimate of drug-likeness (QED) is 0.844. The summed E-state index contributed by atoms with van der Waals surface area (Å²) >= 11 is 0. The van der Waals surface area contributed by atoms with Crippen LogP contribution in [0.5, 0.6) is 5.75 Å². The van der Waals surface area contributed by atoms with Gasteiger partial charge in [0.15, 0.2) is 0 Å². The molecule has 1 unspecified atom stereocenters. The highest BCUT2D eigenvalue weighted by Gasteiger charge is 2.33. The normalized spacial score (nSPS) is 13.0. The average Bonchev–Trinajstić information content (AvgIpc) is 2.41. The molecule has 2 nitrogen and oxygen atoms in total. The number of halogens is 3. The molecular formula is C16H16F3NO. The van der Waals surface area contributed by atoms with Gasteiger partial charge < -0.3 is 10.4 Å². The van der Waals surface area contributed by atoms with Gasteiger partial charge >= 0.3 is 6.18 Å². The fourth-order valence-corrected chi connectivity index (χ4v) is 2.19. The van der Waals surface area contributed by atoms with Crippen LogP contribution in [0.2, 0.25) is 0 Å². The first-order valence-corrected chi connectivity index (χ1v) is 6.51. The molecule has 0 radical (unpaired) electrons. The zero-order valence-electron chi connectivity index (χ0n) is 11.7. The van der Waals surface area contributed by atoms with Gasteiger partial charge in [0.05, 0.1) is 11.6 Å². The van der Waals surface area contributed by atoms with Crippen LogP contribution in [-0.4, -0.2) is 5.11 Å². The minimum Gasteiger partial charge on any atom is -0.508 e. The molecule has 2 rings (SSSR count). The summed E-state index contributed by atoms with van der Waals surface area (Å²) in [6.45, 7) is 3.57. The van der Waals surface area contributed by atoms with Gasteiger partial charge in [0, 0.05) is 11.3 Å². The van der Waals surface area contributed by atoms with Gasteiger partial charge in [0.1, 0.15) is 5.75 Å². The summed E-state index contributed by atoms with van der Waals surface area (Å²) in [6, 6.07) is 9.89. The van der Waals surface area contributed by atoms with Gasteiger partial charge in [-0.15, -0.1) is 0 Å². The maximum atomic E-state index is 13.0. The molecular weight excluding hydrogens is 279 g/mol. The molecule has 21 heavy (non-hydrogen) atoms. The molecule has 0 saturated heterocycles. The third kappa shape index (κ3) is 3.48. The van der Waals surface area contributed by atoms with E-state index >= 15 is 0 Å². The summed E-state index contributed by atoms with van der Waals surface area (Å²) in [5.74, 6) is 0.0603. The number of benzene rings is 2. The molecule has 2 aromatic rings. The lowest BCUT2D eigenvalue weighted by atomic mass is 10.0. The van der Waals surface area contributed by atoms with E-state index in [1.807, 2.05) is 6.92 Å². The van der Waals surface area contributed by atoms with Crippen molar-refractivity contribution >= 4 is 5.69 Å². The molecule has 0 heterocycles. The zero-order chi connectivity index (χ0) is 15.6. The van der Waals surface area contributed by atoms with E-state index in [4.69, 9.17) is 0 Å². The van der Waals surface area contributed by atoms with Gasteiger partial charge in [-0.25, -0.2) is 0 Å². The third-order valence-electron chi connectivity index (χ3n) is 3.25. The van der Waals surface area contributed by atoms with E-state index < -0.39 is 17.8 Å². The maximum absolute atomic E-state index is 13.0. The first kappa shape index (κ1) is 15.2. The number of aromatic hydroxyl groups is 1. The predicted molar refractivity (Wildman–Crippen MR) is 76.3 cm³/mol. The molecule has 0 aliphatic carbocycles. The minimum absolute atomic E-state index is 0.00148. The van der Waals surface area contributed by atoms with E-state index in [1.54, 1.807) is 31.2 Å². The molecule has 0 saturated carbocycles. The van der Waals surface area contributed by atoms with Crippen LogP contribution >= 0.6 is 0 Å². The lowest BCUT2D eigenvalue weighted by Crippen LogP contribution is -2.13. The largest absolute Gasteiger partial charge is 0.508 e. The smallest absolute Gasteiger partial charge is 0.418 e. The highest BCUT2D eigenvalue weighted by Crippen LogP contribution is 2.36. The molecule has 1 atom stereocenters. The number of hydrogen-bond donors (Lipinski definition) is 2. The number of phenolic OH excluding ortho intramolecular Hbond substituents is 1. The van der Waals surface area contributed by atoms with Crippen molar-refractivity contribution in [1.29, 1.82) is 0 Å². The van der Waals surface area contributed by atoms with E-state index in [9.17, 15) is 18.3 Å². The van der Waals surface area contributed by atoms with Crippen LogP contribution in [0.3, 0.4) is 0 Å². The molecule has 0 spiro atoms. The van der Waals surface area contributed by atoms with Crippen LogP contribution in [0.4, 0.5) is 18.9 Å². The zero-order valence-corrected chi connectivity index (χ0v) is 11.7. The van der Waals surface area contributed by atoms with Crippen molar-refractivity contribution in [1.82, 2.24) is 0 Å². The molecule has 0 aliphatic heterocycles. The number of phenols is 1. The molecule has 0 amide bonds. The van der Waals surface area contributed by atoms with Crippen LogP contribution in [0.1, 0.15) is 29.7 Å². The predicted octanol–water partition coefficient (Wildman–Crippen LogP) is 4.89. The number of para-hydroxylation sites is 1. The van der Waals surface area contributed by atoms with Crippen LogP contribution in [0.25, 0.3) is 0 Å². The van der Waals surface area contributed by atoms with E-state index in [-0.39, 0.29) is 11.4 Å². The van der Waals surface area contributed by atoms with Crippen molar-refractivity contribution < 1.29 is 18.3 Å². The maximum Gasteiger partial charge on any atom is 0.418 e. The Morgan fingerprint density at radius 3 is 2.43 bits per heavy atom. The molecule has 2 aromatic carbocycles. The molecule has 2 N–H and O–H groups in total. The fourth-order valence-electron chi connectivity index (χ4n) is 2.19. The Bertz CT molecular complexity index is 638. The highest BCUT2D eigenvalue weighted by atomic mass is 19.4. The van der Waals surface area contributed by atoms with Crippen molar-refractivity contribution in [2.45, 2.75) is 26.1 Å². The summed E-state index contributed by atoms with van der Waals surface area (Å²) < 4.78 is 38.9. The van der Waals surface area contributed by atoms with Crippen LogP contribution < -0.4 is 5.32 Å². The number of rotatable bonds is 3. The Kier molecular flexibility index (Phi) is 4.11. The molecule has 5 heteroatoms. The number of anilines is 1. The number of alkyl halides is 3. The SMILES string of the molecule is Cc1ccc(O)c(C(C)Nc2ccccc2C(F)(F)F)c1. The third-order valence-corrected chi connectivity index (χ3v) is 3.25. The Morgan fingerprint density at radius 1 is 1.10 bits per heavy atom. The average molecular weight is 295 g/mol. The van der Waals surface area contributed by atoms with E-state index in [1.165, 1.54) is 12.1 Å². The number of nitrogens with one attached hydrogen (secondary N) is 1. The van der Waals surface area contributed by atoms with Crippen LogP contribution in [0, 0.1) is 6.92 Å². The van der Waals surface area contributed by atoms with Crippen molar-refractivity contribution in [2.24, 2.45) is 0 Å². The second-order valence-electron chi connectivity index (χ2n) is 4.97. The van der Waals surface area contributed by atoms with Crippen molar-refractivity contribution in [3.05, 3.63) is 59.2 Å². The van der Waals surface area contributed by atoms with Gasteiger partial charge in [-0.3, -0.25) is 0 Å². The monoisotopic (exact) mass is 295 g/mol. The molecule has 112 valence electrons. The van der Waals surface area contributed by atoms with Crippen molar-refractivity contribution in [2.75, 3.05) is 5.32 Å². The second kappa shape index (κ2) is 5.68. The number of hydrogen-bond acceptors (Lipinski definition) is 2. The summed E-state index contributed by atoms with van der Waals surface area (Å²) in [7, 11) is 0. The molecule has 0 fully saturated rings. The first-order chi connectivity index (χ1) is 9.79. The lowest BCUT2D eigenvalue weighted by molar-refractivity contribution is -0.137. The molecule has 0 aliphatic rings. The molecule has 0 aromatic heterocycles. The van der Waals surface area contributed by atoms with E-state index in [2.05, 4.69) is 5.32 Å². The molecule has 0 bridgehead atoms. The van der Waals surface area contributed by atoms with Gasteiger partial charge in [0.2, 0.25) is 0 Å². The summed E-state index contributed by atoms with van der Waals surface area (Å²) in [4.78, 5) is 0.